The summed E-state index contributed by atoms with van der Waals surface area (Å²) >= 11 is 0. The van der Waals surface area contributed by atoms with Crippen LogP contribution in [0.1, 0.15) is 297 Å². The van der Waals surface area contributed by atoms with E-state index in [1.54, 1.807) is 0 Å². The summed E-state index contributed by atoms with van der Waals surface area (Å²) in [6.07, 6.45) is 51.5. The fourth-order valence-electron chi connectivity index (χ4n) is 7.56. The van der Waals surface area contributed by atoms with Gasteiger partial charge in [0.1, 0.15) is 13.1 Å². The van der Waals surface area contributed by atoms with Gasteiger partial charge in [0.25, 0.3) is 0 Å². The second kappa shape index (κ2) is 52.3. The molecule has 0 bridgehead atoms. The van der Waals surface area contributed by atoms with Crippen molar-refractivity contribution >= 4 is 17.9 Å². The maximum atomic E-state index is 13.1. The highest BCUT2D eigenvalue weighted by molar-refractivity contribution is 5.71. The normalized spacial score (nSPS) is 13.6. The topological polar surface area (TPSA) is 78.9 Å². The lowest BCUT2D eigenvalue weighted by Gasteiger charge is -2.18. The van der Waals surface area contributed by atoms with Gasteiger partial charge in [0.05, 0.1) is 6.85 Å². The SMILES string of the molecule is [2H]C([2H])(OC(=O)CCCCCCC/C=C\CCCCCCCC)C([2H])(OC(=O)CCCCCCC/C=C\CCCCCCCC)C([2H])([2H])OC(=O)CCCCCCC/C=C\CCCCCCCC. The monoisotopic (exact) mass is 890 g/mol. The molecule has 6 nitrogen and oxygen atoms in total. The molecule has 0 atom stereocenters. The number of esters is 3. The van der Waals surface area contributed by atoms with Gasteiger partial charge in [-0.2, -0.15) is 0 Å². The Balaban J connectivity index is 5.03. The highest BCUT2D eigenvalue weighted by atomic mass is 16.6. The molecule has 0 unspecified atom stereocenters. The fraction of sp³-hybridized carbons (Fsp3) is 0.842. The van der Waals surface area contributed by atoms with Crippen molar-refractivity contribution in [1.82, 2.24) is 0 Å². The highest BCUT2D eigenvalue weighted by Gasteiger charge is 2.19. The Morgan fingerprint density at radius 2 is 0.571 bits per heavy atom. The van der Waals surface area contributed by atoms with E-state index in [2.05, 4.69) is 57.2 Å². The van der Waals surface area contributed by atoms with E-state index in [9.17, 15) is 14.4 Å². The van der Waals surface area contributed by atoms with Crippen LogP contribution in [0, 0.1) is 0 Å². The van der Waals surface area contributed by atoms with E-state index in [0.29, 0.717) is 25.7 Å². The summed E-state index contributed by atoms with van der Waals surface area (Å²) in [7, 11) is 0. The second-order valence-corrected chi connectivity index (χ2v) is 18.0. The van der Waals surface area contributed by atoms with Crippen LogP contribution < -0.4 is 0 Å². The molecule has 0 saturated heterocycles. The van der Waals surface area contributed by atoms with Crippen molar-refractivity contribution in [2.45, 2.75) is 297 Å². The number of hydrogen-bond acceptors (Lipinski definition) is 6. The zero-order valence-electron chi connectivity index (χ0n) is 46.6. The second-order valence-electron chi connectivity index (χ2n) is 18.0. The molecule has 0 spiro atoms. The molecule has 368 valence electrons. The molecule has 0 fully saturated rings. The van der Waals surface area contributed by atoms with Gasteiger partial charge in [-0.3, -0.25) is 14.4 Å². The van der Waals surface area contributed by atoms with Crippen molar-refractivity contribution in [2.75, 3.05) is 13.1 Å². The van der Waals surface area contributed by atoms with Crippen LogP contribution in [0.3, 0.4) is 0 Å². The lowest BCUT2D eigenvalue weighted by atomic mass is 10.1. The van der Waals surface area contributed by atoms with Crippen molar-refractivity contribution in [3.8, 4) is 0 Å². The predicted octanol–water partition coefficient (Wildman–Crippen LogP) is 18.1. The summed E-state index contributed by atoms with van der Waals surface area (Å²) in [5.41, 5.74) is 0. The van der Waals surface area contributed by atoms with Crippen LogP contribution in [0.5, 0.6) is 0 Å². The van der Waals surface area contributed by atoms with Crippen LogP contribution in [0.2, 0.25) is 0 Å². The fourth-order valence-corrected chi connectivity index (χ4v) is 7.56. The van der Waals surface area contributed by atoms with Crippen LogP contribution in [0.15, 0.2) is 36.5 Å². The molecule has 63 heavy (non-hydrogen) atoms. The third-order valence-electron chi connectivity index (χ3n) is 11.7. The number of allylic oxidation sites excluding steroid dienone is 6. The molecule has 0 saturated carbocycles. The number of ether oxygens (including phenoxy) is 3. The van der Waals surface area contributed by atoms with E-state index < -0.39 is 37.1 Å². The molecule has 0 radical (unpaired) electrons. The van der Waals surface area contributed by atoms with Gasteiger partial charge in [-0.05, 0) is 96.3 Å². The van der Waals surface area contributed by atoms with E-state index >= 15 is 0 Å². The van der Waals surface area contributed by atoms with Gasteiger partial charge in [0.2, 0.25) is 0 Å². The maximum Gasteiger partial charge on any atom is 0.306 e. The Morgan fingerprint density at radius 3 is 0.841 bits per heavy atom. The molecule has 0 aromatic carbocycles. The Hall–Kier alpha value is -2.37. The zero-order chi connectivity index (χ0) is 50.3. The number of hydrogen-bond donors (Lipinski definition) is 0. The van der Waals surface area contributed by atoms with Crippen LogP contribution >= 0.6 is 0 Å². The molecule has 0 aliphatic rings. The van der Waals surface area contributed by atoms with Crippen molar-refractivity contribution in [2.24, 2.45) is 0 Å². The van der Waals surface area contributed by atoms with Crippen LogP contribution in [0.4, 0.5) is 0 Å². The molecular weight excluding hydrogens is 781 g/mol. The molecule has 0 rings (SSSR count). The van der Waals surface area contributed by atoms with Crippen molar-refractivity contribution in [3.05, 3.63) is 36.5 Å². The molecule has 0 aromatic heterocycles. The minimum atomic E-state index is -3.50. The lowest BCUT2D eigenvalue weighted by molar-refractivity contribution is -0.167. The average Bonchev–Trinajstić information content (AvgIpc) is 3.29. The molecule has 0 N–H and O–H groups in total. The summed E-state index contributed by atoms with van der Waals surface area (Å²) < 4.78 is 58.9. The van der Waals surface area contributed by atoms with Crippen molar-refractivity contribution in [1.29, 1.82) is 0 Å². The van der Waals surface area contributed by atoms with Crippen LogP contribution in [-0.2, 0) is 28.6 Å². The first-order valence-corrected chi connectivity index (χ1v) is 27.0. The Kier molecular flexibility index (Phi) is 42.8. The Labute approximate surface area is 398 Å². The summed E-state index contributed by atoms with van der Waals surface area (Å²) in [5.74, 6) is -2.98. The summed E-state index contributed by atoms with van der Waals surface area (Å²) in [6, 6.07) is 0. The smallest absolute Gasteiger partial charge is 0.306 e. The van der Waals surface area contributed by atoms with Gasteiger partial charge in [-0.1, -0.05) is 211 Å². The quantitative estimate of drug-likeness (QED) is 0.0262. The molecule has 0 amide bonds. The van der Waals surface area contributed by atoms with Gasteiger partial charge < -0.3 is 14.2 Å². The van der Waals surface area contributed by atoms with Gasteiger partial charge in [-0.15, -0.1) is 0 Å². The van der Waals surface area contributed by atoms with Crippen LogP contribution in [0.25, 0.3) is 0 Å². The largest absolute Gasteiger partial charge is 0.462 e. The summed E-state index contributed by atoms with van der Waals surface area (Å²) in [5, 5.41) is 0. The third-order valence-corrected chi connectivity index (χ3v) is 11.7. The zero-order valence-corrected chi connectivity index (χ0v) is 41.6. The highest BCUT2D eigenvalue weighted by Crippen LogP contribution is 2.15. The molecule has 0 aromatic rings. The Morgan fingerprint density at radius 1 is 0.349 bits per heavy atom. The molecular formula is C57H104O6. The first-order chi connectivity index (χ1) is 32.9. The van der Waals surface area contributed by atoms with Gasteiger partial charge in [0, 0.05) is 19.3 Å². The summed E-state index contributed by atoms with van der Waals surface area (Å²) in [6.45, 7) is -0.224. The minimum absolute atomic E-state index is 0.144. The number of unbranched alkanes of at least 4 members (excludes halogenated alkanes) is 33. The minimum Gasteiger partial charge on any atom is -0.462 e. The standard InChI is InChI=1S/C57H104O6/c1-4-7-10-13-16-19-22-25-28-31-34-37-40-43-46-49-55(58)61-52-54(63-57(60)51-48-45-42-39-36-33-30-27-24-21-18-15-12-9-6-3)53-62-56(59)50-47-44-41-38-35-32-29-26-23-20-17-14-11-8-5-2/h25-30,54H,4-24,31-53H2,1-3H3/b28-25-,29-26-,30-27-/i52D2,53D2,54D. The van der Waals surface area contributed by atoms with Gasteiger partial charge in [-0.25, -0.2) is 0 Å². The number of carbonyl (C=O) groups is 3. The Bertz CT molecular complexity index is 1220. The molecule has 0 aliphatic carbocycles. The van der Waals surface area contributed by atoms with E-state index in [0.717, 1.165) is 109 Å². The number of rotatable bonds is 50. The average molecular weight is 890 g/mol. The molecule has 0 heterocycles. The molecule has 0 aliphatic heterocycles. The maximum absolute atomic E-state index is 13.1. The number of carbonyl (C=O) groups excluding carboxylic acids is 3. The predicted molar refractivity (Wildman–Crippen MR) is 270 cm³/mol. The van der Waals surface area contributed by atoms with E-state index in [-0.39, 0.29) is 19.3 Å². The summed E-state index contributed by atoms with van der Waals surface area (Å²) in [4.78, 5) is 39.0. The van der Waals surface area contributed by atoms with E-state index in [1.165, 1.54) is 116 Å². The molecule has 6 heteroatoms. The van der Waals surface area contributed by atoms with E-state index in [1.807, 2.05) is 0 Å². The van der Waals surface area contributed by atoms with Crippen molar-refractivity contribution in [3.63, 3.8) is 0 Å². The van der Waals surface area contributed by atoms with Crippen molar-refractivity contribution < 1.29 is 35.4 Å². The van der Waals surface area contributed by atoms with Crippen LogP contribution in [-0.4, -0.2) is 37.1 Å². The van der Waals surface area contributed by atoms with E-state index in [4.69, 9.17) is 21.1 Å². The van der Waals surface area contributed by atoms with Gasteiger partial charge >= 0.3 is 17.9 Å². The lowest BCUT2D eigenvalue weighted by Crippen LogP contribution is -2.30. The first-order valence-electron chi connectivity index (χ1n) is 29.5. The first kappa shape index (κ1) is 51.6. The third kappa shape index (κ3) is 50.5. The van der Waals surface area contributed by atoms with Gasteiger partial charge in [0.15, 0.2) is 6.08 Å².